The minimum atomic E-state index is -0.727. The van der Waals surface area contributed by atoms with Gasteiger partial charge < -0.3 is 14.4 Å². The van der Waals surface area contributed by atoms with Crippen LogP contribution < -0.4 is 4.73 Å². The second-order valence-electron chi connectivity index (χ2n) is 4.47. The van der Waals surface area contributed by atoms with E-state index in [9.17, 15) is 10.0 Å². The fourth-order valence-electron chi connectivity index (χ4n) is 1.90. The molecule has 3 rings (SSSR count). The van der Waals surface area contributed by atoms with Crippen LogP contribution in [0.3, 0.4) is 0 Å². The molecule has 0 fully saturated rings. The largest absolute Gasteiger partial charge is 0.618 e. The van der Waals surface area contributed by atoms with Gasteiger partial charge in [0.25, 0.3) is 0 Å². The maximum Gasteiger partial charge on any atom is 0.405 e. The van der Waals surface area contributed by atoms with Crippen molar-refractivity contribution in [2.45, 2.75) is 6.61 Å². The number of ether oxygens (including phenoxy) is 1. The third-order valence-electron chi connectivity index (χ3n) is 2.97. The second kappa shape index (κ2) is 6.09. The molecule has 0 aliphatic rings. The zero-order valence-corrected chi connectivity index (χ0v) is 11.5. The van der Waals surface area contributed by atoms with Gasteiger partial charge in [-0.1, -0.05) is 30.3 Å². The first kappa shape index (κ1) is 13.8. The second-order valence-corrected chi connectivity index (χ2v) is 4.47. The van der Waals surface area contributed by atoms with E-state index in [1.54, 1.807) is 12.3 Å². The Morgan fingerprint density at radius 1 is 1.18 bits per heavy atom. The summed E-state index contributed by atoms with van der Waals surface area (Å²) in [6, 6.07) is 14.0. The summed E-state index contributed by atoms with van der Waals surface area (Å²) in [5, 5.41) is 11.4. The topological polar surface area (TPSA) is 79.3 Å². The highest BCUT2D eigenvalue weighted by Crippen LogP contribution is 2.20. The molecule has 0 amide bonds. The molecule has 0 saturated carbocycles. The van der Waals surface area contributed by atoms with Gasteiger partial charge in [-0.15, -0.1) is 0 Å². The smallest absolute Gasteiger partial charge is 0.405 e. The maximum atomic E-state index is 11.8. The molecule has 0 spiro atoms. The summed E-state index contributed by atoms with van der Waals surface area (Å²) in [5.41, 5.74) is 0.797. The molecule has 3 aromatic rings. The Morgan fingerprint density at radius 3 is 2.73 bits per heavy atom. The number of carbonyl (C=O) groups is 1. The van der Waals surface area contributed by atoms with Gasteiger partial charge in [0.15, 0.2) is 18.6 Å². The Hall–Kier alpha value is -3.15. The Balaban J connectivity index is 1.67. The predicted octanol–water partition coefficient (Wildman–Crippen LogP) is 2.33. The summed E-state index contributed by atoms with van der Waals surface area (Å²) in [6.07, 6.45) is 2.80. The average molecular weight is 296 g/mol. The lowest BCUT2D eigenvalue weighted by Crippen LogP contribution is -2.34. The van der Waals surface area contributed by atoms with Crippen molar-refractivity contribution in [3.63, 3.8) is 0 Å². The van der Waals surface area contributed by atoms with E-state index < -0.39 is 5.97 Å². The number of aromatic nitrogens is 2. The Morgan fingerprint density at radius 2 is 1.95 bits per heavy atom. The van der Waals surface area contributed by atoms with Crippen LogP contribution in [0.2, 0.25) is 0 Å². The number of benzene rings is 1. The van der Waals surface area contributed by atoms with E-state index in [0.29, 0.717) is 10.5 Å². The molecule has 6 nitrogen and oxygen atoms in total. The molecule has 6 heteroatoms. The number of nitrogens with zero attached hydrogens (tertiary/aromatic N) is 2. The molecule has 0 unspecified atom stereocenters. The van der Waals surface area contributed by atoms with Crippen molar-refractivity contribution in [3.05, 3.63) is 77.7 Å². The number of carbonyl (C=O) groups excluding carboxylic acids is 1. The highest BCUT2D eigenvalue weighted by molar-refractivity contribution is 5.85. The van der Waals surface area contributed by atoms with E-state index >= 15 is 0 Å². The van der Waals surface area contributed by atoms with Crippen molar-refractivity contribution in [1.82, 2.24) is 4.98 Å². The molecule has 0 N–H and O–H groups in total. The summed E-state index contributed by atoms with van der Waals surface area (Å²) < 4.78 is 11.0. The van der Waals surface area contributed by atoms with Gasteiger partial charge >= 0.3 is 11.7 Å². The fourth-order valence-corrected chi connectivity index (χ4v) is 1.90. The zero-order valence-electron chi connectivity index (χ0n) is 11.5. The van der Waals surface area contributed by atoms with Crippen LogP contribution in [0.4, 0.5) is 0 Å². The van der Waals surface area contributed by atoms with Crippen LogP contribution in [-0.4, -0.2) is 11.0 Å². The van der Waals surface area contributed by atoms with Gasteiger partial charge in [0.1, 0.15) is 0 Å². The summed E-state index contributed by atoms with van der Waals surface area (Å²) in [5.74, 6) is 0.126. The van der Waals surface area contributed by atoms with Gasteiger partial charge in [-0.3, -0.25) is 0 Å². The maximum absolute atomic E-state index is 11.8. The van der Waals surface area contributed by atoms with Crippen LogP contribution in [0.1, 0.15) is 16.4 Å². The predicted molar refractivity (Wildman–Crippen MR) is 76.5 cm³/mol. The third-order valence-corrected chi connectivity index (χ3v) is 2.97. The molecule has 0 bridgehead atoms. The summed E-state index contributed by atoms with van der Waals surface area (Å²) in [4.78, 5) is 15.9. The van der Waals surface area contributed by atoms with E-state index in [1.165, 1.54) is 18.3 Å². The number of esters is 1. The molecule has 0 aliphatic heterocycles. The van der Waals surface area contributed by atoms with E-state index in [0.717, 1.165) is 5.56 Å². The van der Waals surface area contributed by atoms with E-state index in [-0.39, 0.29) is 18.2 Å². The number of pyridine rings is 1. The third kappa shape index (κ3) is 2.95. The van der Waals surface area contributed by atoms with Gasteiger partial charge in [0, 0.05) is 17.7 Å². The molecule has 22 heavy (non-hydrogen) atoms. The molecule has 0 radical (unpaired) electrons. The Labute approximate surface area is 126 Å². The van der Waals surface area contributed by atoms with Crippen LogP contribution >= 0.6 is 0 Å². The van der Waals surface area contributed by atoms with Crippen molar-refractivity contribution in [2.75, 3.05) is 0 Å². The van der Waals surface area contributed by atoms with E-state index in [1.807, 2.05) is 30.3 Å². The molecule has 2 heterocycles. The lowest BCUT2D eigenvalue weighted by atomic mass is 10.2. The fraction of sp³-hybridized carbons (Fsp3) is 0.0625. The number of hydrogen-bond acceptors (Lipinski definition) is 5. The van der Waals surface area contributed by atoms with Gasteiger partial charge in [-0.05, 0) is 6.07 Å². The minimum absolute atomic E-state index is 0.0858. The summed E-state index contributed by atoms with van der Waals surface area (Å²) in [7, 11) is 0. The quantitative estimate of drug-likeness (QED) is 0.419. The number of hydrogen-bond donors (Lipinski definition) is 0. The molecule has 0 aliphatic carbocycles. The first-order valence-corrected chi connectivity index (χ1v) is 6.59. The zero-order chi connectivity index (χ0) is 15.4. The molecule has 0 atom stereocenters. The van der Waals surface area contributed by atoms with Gasteiger partial charge in [-0.2, -0.15) is 4.73 Å². The monoisotopic (exact) mass is 296 g/mol. The number of rotatable bonds is 4. The average Bonchev–Trinajstić information content (AvgIpc) is 3.03. The molecule has 0 saturated heterocycles. The van der Waals surface area contributed by atoms with Crippen LogP contribution in [0.5, 0.6) is 0 Å². The van der Waals surface area contributed by atoms with E-state index in [4.69, 9.17) is 9.15 Å². The minimum Gasteiger partial charge on any atom is -0.618 e. The first-order chi connectivity index (χ1) is 10.7. The van der Waals surface area contributed by atoms with Crippen molar-refractivity contribution in [3.8, 4) is 11.3 Å². The van der Waals surface area contributed by atoms with E-state index in [2.05, 4.69) is 4.98 Å². The van der Waals surface area contributed by atoms with Crippen LogP contribution in [0.25, 0.3) is 11.3 Å². The van der Waals surface area contributed by atoms with Gasteiger partial charge in [0.05, 0.1) is 6.20 Å². The van der Waals surface area contributed by atoms with Gasteiger partial charge in [-0.25, -0.2) is 9.78 Å². The standard InChI is InChI=1S/C16H12N2O4/c19-16(13-8-4-5-9-18(13)20)21-11-15-17-10-14(22-15)12-6-2-1-3-7-12/h1-10H,11H2. The lowest BCUT2D eigenvalue weighted by Gasteiger charge is -2.03. The summed E-state index contributed by atoms with van der Waals surface area (Å²) >= 11 is 0. The first-order valence-electron chi connectivity index (χ1n) is 6.59. The van der Waals surface area contributed by atoms with Crippen LogP contribution in [0.15, 0.2) is 65.3 Å². The van der Waals surface area contributed by atoms with Crippen LogP contribution in [0, 0.1) is 5.21 Å². The molecular formula is C16H12N2O4. The number of oxazole rings is 1. The summed E-state index contributed by atoms with van der Waals surface area (Å²) in [6.45, 7) is -0.138. The molecule has 2 aromatic heterocycles. The molecule has 1 aromatic carbocycles. The van der Waals surface area contributed by atoms with Crippen molar-refractivity contribution >= 4 is 5.97 Å². The van der Waals surface area contributed by atoms with Crippen molar-refractivity contribution in [1.29, 1.82) is 0 Å². The van der Waals surface area contributed by atoms with Gasteiger partial charge in [0.2, 0.25) is 5.89 Å². The molecular weight excluding hydrogens is 284 g/mol. The Bertz CT molecular complexity index is 784. The Kier molecular flexibility index (Phi) is 3.82. The normalized spacial score (nSPS) is 10.4. The van der Waals surface area contributed by atoms with Crippen molar-refractivity contribution < 1.29 is 18.7 Å². The SMILES string of the molecule is O=C(OCc1ncc(-c2ccccc2)o1)c1cccc[n+]1[O-]. The molecule has 110 valence electrons. The van der Waals surface area contributed by atoms with Crippen molar-refractivity contribution in [2.24, 2.45) is 0 Å². The lowest BCUT2D eigenvalue weighted by molar-refractivity contribution is -0.608. The van der Waals surface area contributed by atoms with Crippen LogP contribution in [-0.2, 0) is 11.3 Å². The highest BCUT2D eigenvalue weighted by Gasteiger charge is 2.18. The highest BCUT2D eigenvalue weighted by atomic mass is 16.5.